The summed E-state index contributed by atoms with van der Waals surface area (Å²) in [5, 5.41) is 0. The van der Waals surface area contributed by atoms with Gasteiger partial charge in [-0.25, -0.2) is 0 Å². The third kappa shape index (κ3) is 1.33. The molecular weight excluding hydrogens is 110 g/mol. The fourth-order valence-electron chi connectivity index (χ4n) is 0.626. The Morgan fingerprint density at radius 2 is 2.57 bits per heavy atom. The zero-order chi connectivity index (χ0) is 5.28. The van der Waals surface area contributed by atoms with Gasteiger partial charge in [-0.2, -0.15) is 0 Å². The molecule has 2 unspecified atom stereocenters. The summed E-state index contributed by atoms with van der Waals surface area (Å²) in [4.78, 5) is 0. The standard InChI is InChI=1S/C4H9NOS/c1-4-2-3-7(6)5-4/h4-5H,2-3H2,1H3. The van der Waals surface area contributed by atoms with Crippen LogP contribution in [0.1, 0.15) is 13.3 Å². The van der Waals surface area contributed by atoms with Crippen LogP contribution in [0.3, 0.4) is 0 Å². The van der Waals surface area contributed by atoms with Gasteiger partial charge in [-0.1, -0.05) is 0 Å². The summed E-state index contributed by atoms with van der Waals surface area (Å²) in [6.45, 7) is 2.05. The van der Waals surface area contributed by atoms with Crippen molar-refractivity contribution in [1.82, 2.24) is 4.72 Å². The van der Waals surface area contributed by atoms with Crippen LogP contribution in [0.5, 0.6) is 0 Å². The molecule has 0 spiro atoms. The molecule has 42 valence electrons. The van der Waals surface area contributed by atoms with Crippen LogP contribution in [0, 0.1) is 0 Å². The van der Waals surface area contributed by atoms with Gasteiger partial charge in [0, 0.05) is 17.8 Å². The molecule has 2 atom stereocenters. The quantitative estimate of drug-likeness (QED) is 0.457. The van der Waals surface area contributed by atoms with Crippen molar-refractivity contribution in [1.29, 1.82) is 0 Å². The fraction of sp³-hybridized carbons (Fsp3) is 1.00. The lowest BCUT2D eigenvalue weighted by Crippen LogP contribution is -2.22. The van der Waals surface area contributed by atoms with Gasteiger partial charge in [0.2, 0.25) is 0 Å². The summed E-state index contributed by atoms with van der Waals surface area (Å²) in [6.07, 6.45) is 1.06. The van der Waals surface area contributed by atoms with Gasteiger partial charge >= 0.3 is 0 Å². The topological polar surface area (TPSA) is 35.1 Å². The Bertz CT molecular complexity index is 60.7. The molecule has 1 aliphatic heterocycles. The van der Waals surface area contributed by atoms with E-state index < -0.39 is 11.4 Å². The third-order valence-corrected chi connectivity index (χ3v) is 2.34. The van der Waals surface area contributed by atoms with Gasteiger partial charge in [0.1, 0.15) is 5.75 Å². The summed E-state index contributed by atoms with van der Waals surface area (Å²) in [7, 11) is 0. The van der Waals surface area contributed by atoms with Crippen LogP contribution >= 0.6 is 0 Å². The number of hydrogen-bond donors (Lipinski definition) is 1. The predicted molar refractivity (Wildman–Crippen MR) is 30.2 cm³/mol. The molecule has 1 N–H and O–H groups in total. The molecule has 0 aliphatic carbocycles. The normalized spacial score (nSPS) is 42.0. The van der Waals surface area contributed by atoms with Crippen molar-refractivity contribution in [2.24, 2.45) is 0 Å². The van der Waals surface area contributed by atoms with E-state index in [0.29, 0.717) is 6.04 Å². The second-order valence-electron chi connectivity index (χ2n) is 1.86. The molecule has 1 saturated heterocycles. The molecule has 1 heterocycles. The van der Waals surface area contributed by atoms with Crippen molar-refractivity contribution in [3.63, 3.8) is 0 Å². The van der Waals surface area contributed by atoms with E-state index in [1.807, 2.05) is 6.92 Å². The Labute approximate surface area is 46.6 Å². The molecule has 0 amide bonds. The summed E-state index contributed by atoms with van der Waals surface area (Å²) < 4.78 is 13.3. The van der Waals surface area contributed by atoms with Gasteiger partial charge in [-0.15, -0.1) is 4.72 Å². The van der Waals surface area contributed by atoms with Gasteiger partial charge in [-0.05, 0) is 6.92 Å². The average Bonchev–Trinajstić information content (AvgIpc) is 1.87. The average molecular weight is 119 g/mol. The molecule has 3 heteroatoms. The number of hydrogen-bond acceptors (Lipinski definition) is 2. The van der Waals surface area contributed by atoms with Crippen LogP contribution < -0.4 is 4.72 Å². The minimum Gasteiger partial charge on any atom is -0.598 e. The van der Waals surface area contributed by atoms with E-state index in [1.54, 1.807) is 0 Å². The summed E-state index contributed by atoms with van der Waals surface area (Å²) in [6, 6.07) is 0.473. The van der Waals surface area contributed by atoms with Gasteiger partial charge in [0.05, 0.1) is 6.04 Å². The Balaban J connectivity index is 2.26. The lowest BCUT2D eigenvalue weighted by atomic mass is 10.3. The molecule has 1 rings (SSSR count). The highest BCUT2D eigenvalue weighted by atomic mass is 32.2. The van der Waals surface area contributed by atoms with Gasteiger partial charge in [0.15, 0.2) is 0 Å². The van der Waals surface area contributed by atoms with Crippen molar-refractivity contribution in [2.45, 2.75) is 19.4 Å². The molecule has 0 radical (unpaired) electrons. The maximum atomic E-state index is 10.5. The molecule has 0 aromatic carbocycles. The molecule has 7 heavy (non-hydrogen) atoms. The first kappa shape index (κ1) is 5.41. The van der Waals surface area contributed by atoms with Crippen molar-refractivity contribution in [3.05, 3.63) is 0 Å². The Morgan fingerprint density at radius 3 is 2.71 bits per heavy atom. The molecule has 0 bridgehead atoms. The Hall–Kier alpha value is 0.270. The van der Waals surface area contributed by atoms with Crippen molar-refractivity contribution >= 4 is 11.4 Å². The van der Waals surface area contributed by atoms with Crippen molar-refractivity contribution in [2.75, 3.05) is 5.75 Å². The minimum absolute atomic E-state index is 0.473. The molecule has 1 fully saturated rings. The van der Waals surface area contributed by atoms with Crippen molar-refractivity contribution in [3.8, 4) is 0 Å². The number of nitrogens with one attached hydrogen (secondary N) is 1. The Kier molecular flexibility index (Phi) is 1.57. The molecule has 1 aliphatic rings. The van der Waals surface area contributed by atoms with Gasteiger partial charge in [0.25, 0.3) is 0 Å². The second kappa shape index (κ2) is 2.03. The second-order valence-corrected chi connectivity index (χ2v) is 3.19. The van der Waals surface area contributed by atoms with Gasteiger partial charge in [-0.3, -0.25) is 0 Å². The highest BCUT2D eigenvalue weighted by Crippen LogP contribution is 2.04. The summed E-state index contributed by atoms with van der Waals surface area (Å²) in [5.41, 5.74) is 0. The number of rotatable bonds is 0. The van der Waals surface area contributed by atoms with Crippen LogP contribution in [-0.4, -0.2) is 16.3 Å². The minimum atomic E-state index is -0.703. The summed E-state index contributed by atoms with van der Waals surface area (Å²) in [5.74, 6) is 0.834. The maximum Gasteiger partial charge on any atom is 0.127 e. The highest BCUT2D eigenvalue weighted by molar-refractivity contribution is 7.89. The van der Waals surface area contributed by atoms with E-state index >= 15 is 0 Å². The van der Waals surface area contributed by atoms with Crippen molar-refractivity contribution < 1.29 is 4.55 Å². The zero-order valence-electron chi connectivity index (χ0n) is 4.31. The highest BCUT2D eigenvalue weighted by Gasteiger charge is 2.20. The van der Waals surface area contributed by atoms with E-state index in [9.17, 15) is 4.55 Å². The summed E-state index contributed by atoms with van der Waals surface area (Å²) >= 11 is -0.703. The van der Waals surface area contributed by atoms with Crippen LogP contribution in [0.25, 0.3) is 0 Å². The largest absolute Gasteiger partial charge is 0.598 e. The maximum absolute atomic E-state index is 10.5. The predicted octanol–water partition coefficient (Wildman–Crippen LogP) is 0.0319. The molecule has 0 saturated carbocycles. The first-order valence-corrected chi connectivity index (χ1v) is 3.75. The van der Waals surface area contributed by atoms with E-state index in [0.717, 1.165) is 12.2 Å². The zero-order valence-corrected chi connectivity index (χ0v) is 5.12. The van der Waals surface area contributed by atoms with Crippen LogP contribution in [-0.2, 0) is 11.4 Å². The van der Waals surface area contributed by atoms with E-state index in [2.05, 4.69) is 4.72 Å². The van der Waals surface area contributed by atoms with Crippen LogP contribution in [0.15, 0.2) is 0 Å². The molecule has 0 aromatic heterocycles. The SMILES string of the molecule is CC1CC[S+]([O-])N1. The lowest BCUT2D eigenvalue weighted by molar-refractivity contribution is 0.586. The smallest absolute Gasteiger partial charge is 0.127 e. The Morgan fingerprint density at radius 1 is 1.86 bits per heavy atom. The van der Waals surface area contributed by atoms with E-state index in [1.165, 1.54) is 0 Å². The lowest BCUT2D eigenvalue weighted by Gasteiger charge is -1.99. The molecule has 2 nitrogen and oxygen atoms in total. The van der Waals surface area contributed by atoms with E-state index in [4.69, 9.17) is 0 Å². The van der Waals surface area contributed by atoms with E-state index in [-0.39, 0.29) is 0 Å². The first-order chi connectivity index (χ1) is 3.29. The molecular formula is C4H9NOS. The van der Waals surface area contributed by atoms with Gasteiger partial charge < -0.3 is 4.55 Å². The molecule has 0 aromatic rings. The van der Waals surface area contributed by atoms with Crippen LogP contribution in [0.2, 0.25) is 0 Å². The fourth-order valence-corrected chi connectivity index (χ4v) is 1.88. The third-order valence-electron chi connectivity index (χ3n) is 1.07. The first-order valence-electron chi connectivity index (χ1n) is 2.43. The monoisotopic (exact) mass is 119 g/mol. The van der Waals surface area contributed by atoms with Crippen LogP contribution in [0.4, 0.5) is 0 Å².